The molecule has 0 spiro atoms. The molecule has 2 aromatic carbocycles. The molecule has 0 saturated heterocycles. The summed E-state index contributed by atoms with van der Waals surface area (Å²) in [5.74, 6) is -0.0856. The highest BCUT2D eigenvalue weighted by Gasteiger charge is 2.08. The van der Waals surface area contributed by atoms with Crippen molar-refractivity contribution in [1.82, 2.24) is 0 Å². The lowest BCUT2D eigenvalue weighted by Crippen LogP contribution is -2.12. The molecule has 2 nitrogen and oxygen atoms in total. The van der Waals surface area contributed by atoms with Gasteiger partial charge in [-0.1, -0.05) is 32.0 Å². The molecular formula is C17H18BrNO. The average Bonchev–Trinajstić information content (AvgIpc) is 2.49. The van der Waals surface area contributed by atoms with Gasteiger partial charge in [0.2, 0.25) is 0 Å². The van der Waals surface area contributed by atoms with Gasteiger partial charge in [-0.2, -0.15) is 0 Å². The van der Waals surface area contributed by atoms with E-state index < -0.39 is 0 Å². The molecule has 0 bridgehead atoms. The summed E-state index contributed by atoms with van der Waals surface area (Å²) >= 11 is 3.50. The molecule has 2 aromatic rings. The number of aryl methyl sites for hydroxylation is 2. The fourth-order valence-corrected chi connectivity index (χ4v) is 2.49. The Morgan fingerprint density at radius 2 is 1.60 bits per heavy atom. The summed E-state index contributed by atoms with van der Waals surface area (Å²) in [6.07, 6.45) is 1.96. The molecule has 1 amide bonds. The average molecular weight is 332 g/mol. The first-order chi connectivity index (χ1) is 9.63. The lowest BCUT2D eigenvalue weighted by molar-refractivity contribution is 0.102. The van der Waals surface area contributed by atoms with Crippen LogP contribution in [-0.4, -0.2) is 5.91 Å². The van der Waals surface area contributed by atoms with E-state index in [0.717, 1.165) is 23.0 Å². The summed E-state index contributed by atoms with van der Waals surface area (Å²) in [6.45, 7) is 4.21. The quantitative estimate of drug-likeness (QED) is 0.854. The van der Waals surface area contributed by atoms with Crippen molar-refractivity contribution in [3.05, 3.63) is 63.6 Å². The molecule has 0 atom stereocenters. The Balaban J connectivity index is 2.14. The third-order valence-corrected chi connectivity index (χ3v) is 3.97. The second kappa shape index (κ2) is 6.71. The van der Waals surface area contributed by atoms with Crippen molar-refractivity contribution >= 4 is 27.5 Å². The molecule has 3 heteroatoms. The van der Waals surface area contributed by atoms with Crippen molar-refractivity contribution in [2.45, 2.75) is 26.7 Å². The number of nitrogens with one attached hydrogen (secondary N) is 1. The van der Waals surface area contributed by atoms with Crippen molar-refractivity contribution in [3.63, 3.8) is 0 Å². The maximum absolute atomic E-state index is 12.2. The van der Waals surface area contributed by atoms with Crippen LogP contribution >= 0.6 is 15.9 Å². The van der Waals surface area contributed by atoms with Crippen LogP contribution in [0, 0.1) is 0 Å². The highest BCUT2D eigenvalue weighted by atomic mass is 79.9. The van der Waals surface area contributed by atoms with Crippen molar-refractivity contribution in [2.75, 3.05) is 5.32 Å². The number of benzene rings is 2. The summed E-state index contributed by atoms with van der Waals surface area (Å²) in [5, 5.41) is 2.93. The highest BCUT2D eigenvalue weighted by Crippen LogP contribution is 2.24. The predicted molar refractivity (Wildman–Crippen MR) is 87.3 cm³/mol. The second-order valence-electron chi connectivity index (χ2n) is 4.67. The molecule has 0 fully saturated rings. The lowest BCUT2D eigenvalue weighted by Gasteiger charge is -2.09. The first-order valence-corrected chi connectivity index (χ1v) is 7.62. The van der Waals surface area contributed by atoms with Gasteiger partial charge in [-0.25, -0.2) is 0 Å². The van der Waals surface area contributed by atoms with E-state index in [4.69, 9.17) is 0 Å². The van der Waals surface area contributed by atoms with Crippen molar-refractivity contribution in [1.29, 1.82) is 0 Å². The summed E-state index contributed by atoms with van der Waals surface area (Å²) in [6, 6.07) is 13.7. The number of hydrogen-bond acceptors (Lipinski definition) is 1. The minimum absolute atomic E-state index is 0.0856. The Morgan fingerprint density at radius 3 is 2.15 bits per heavy atom. The fraction of sp³-hybridized carbons (Fsp3) is 0.235. The number of rotatable bonds is 4. The van der Waals surface area contributed by atoms with Crippen LogP contribution in [0.15, 0.2) is 46.9 Å². The van der Waals surface area contributed by atoms with Gasteiger partial charge < -0.3 is 5.32 Å². The number of carbonyl (C=O) groups is 1. The number of amides is 1. The van der Waals surface area contributed by atoms with Crippen LogP contribution in [0.25, 0.3) is 0 Å². The van der Waals surface area contributed by atoms with E-state index in [1.807, 2.05) is 42.5 Å². The van der Waals surface area contributed by atoms with Crippen LogP contribution in [-0.2, 0) is 12.8 Å². The van der Waals surface area contributed by atoms with Crippen molar-refractivity contribution in [2.24, 2.45) is 0 Å². The van der Waals surface area contributed by atoms with E-state index in [2.05, 4.69) is 35.1 Å². The molecule has 0 radical (unpaired) electrons. The molecule has 0 saturated carbocycles. The molecule has 0 unspecified atom stereocenters. The molecule has 0 aliphatic carbocycles. The van der Waals surface area contributed by atoms with E-state index in [9.17, 15) is 4.79 Å². The maximum Gasteiger partial charge on any atom is 0.255 e. The SMILES string of the molecule is CCc1ccc(C(=O)Nc2ccc(CC)cc2Br)cc1. The number of anilines is 1. The van der Waals surface area contributed by atoms with E-state index in [1.54, 1.807) is 0 Å². The zero-order valence-electron chi connectivity index (χ0n) is 11.7. The molecule has 0 aliphatic rings. The zero-order valence-corrected chi connectivity index (χ0v) is 13.3. The Kier molecular flexibility index (Phi) is 4.96. The Hall–Kier alpha value is -1.61. The smallest absolute Gasteiger partial charge is 0.255 e. The van der Waals surface area contributed by atoms with Gasteiger partial charge in [-0.05, 0) is 64.2 Å². The molecule has 20 heavy (non-hydrogen) atoms. The number of halogens is 1. The maximum atomic E-state index is 12.2. The molecule has 2 rings (SSSR count). The van der Waals surface area contributed by atoms with Gasteiger partial charge in [0.15, 0.2) is 0 Å². The van der Waals surface area contributed by atoms with E-state index >= 15 is 0 Å². The number of hydrogen-bond donors (Lipinski definition) is 1. The van der Waals surface area contributed by atoms with E-state index in [0.29, 0.717) is 5.56 Å². The van der Waals surface area contributed by atoms with Crippen LogP contribution < -0.4 is 5.32 Å². The highest BCUT2D eigenvalue weighted by molar-refractivity contribution is 9.10. The largest absolute Gasteiger partial charge is 0.321 e. The van der Waals surface area contributed by atoms with Gasteiger partial charge >= 0.3 is 0 Å². The van der Waals surface area contributed by atoms with Crippen LogP contribution in [0.2, 0.25) is 0 Å². The Bertz CT molecular complexity index is 605. The zero-order chi connectivity index (χ0) is 14.5. The summed E-state index contributed by atoms with van der Waals surface area (Å²) in [7, 11) is 0. The van der Waals surface area contributed by atoms with Gasteiger partial charge in [-0.3, -0.25) is 4.79 Å². The Labute approximate surface area is 128 Å². The molecule has 1 N–H and O–H groups in total. The molecular weight excluding hydrogens is 314 g/mol. The lowest BCUT2D eigenvalue weighted by atomic mass is 10.1. The van der Waals surface area contributed by atoms with Gasteiger partial charge in [0.1, 0.15) is 0 Å². The molecule has 104 valence electrons. The van der Waals surface area contributed by atoms with Crippen LogP contribution in [0.3, 0.4) is 0 Å². The van der Waals surface area contributed by atoms with Gasteiger partial charge in [-0.15, -0.1) is 0 Å². The van der Waals surface area contributed by atoms with E-state index in [-0.39, 0.29) is 5.91 Å². The minimum Gasteiger partial charge on any atom is -0.321 e. The normalized spacial score (nSPS) is 10.3. The molecule has 0 aromatic heterocycles. The van der Waals surface area contributed by atoms with Crippen molar-refractivity contribution < 1.29 is 4.79 Å². The molecule has 0 heterocycles. The van der Waals surface area contributed by atoms with Crippen LogP contribution in [0.5, 0.6) is 0 Å². The summed E-state index contributed by atoms with van der Waals surface area (Å²) < 4.78 is 0.912. The topological polar surface area (TPSA) is 29.1 Å². The summed E-state index contributed by atoms with van der Waals surface area (Å²) in [4.78, 5) is 12.2. The first kappa shape index (κ1) is 14.8. The standard InChI is InChI=1S/C17H18BrNO/c1-3-12-5-8-14(9-6-12)17(20)19-16-10-7-13(4-2)11-15(16)18/h5-11H,3-4H2,1-2H3,(H,19,20). The van der Waals surface area contributed by atoms with E-state index in [1.165, 1.54) is 11.1 Å². The van der Waals surface area contributed by atoms with Gasteiger partial charge in [0.05, 0.1) is 5.69 Å². The van der Waals surface area contributed by atoms with Gasteiger partial charge in [0.25, 0.3) is 5.91 Å². The van der Waals surface area contributed by atoms with Crippen LogP contribution in [0.1, 0.15) is 35.3 Å². The third kappa shape index (κ3) is 3.48. The van der Waals surface area contributed by atoms with Gasteiger partial charge in [0, 0.05) is 10.0 Å². The minimum atomic E-state index is -0.0856. The van der Waals surface area contributed by atoms with Crippen molar-refractivity contribution in [3.8, 4) is 0 Å². The fourth-order valence-electron chi connectivity index (χ4n) is 1.97. The Morgan fingerprint density at radius 1 is 1.00 bits per heavy atom. The number of carbonyl (C=O) groups excluding carboxylic acids is 1. The predicted octanol–water partition coefficient (Wildman–Crippen LogP) is 4.83. The molecule has 0 aliphatic heterocycles. The summed E-state index contributed by atoms with van der Waals surface area (Å²) in [5.41, 5.74) is 3.94. The third-order valence-electron chi connectivity index (χ3n) is 3.31. The first-order valence-electron chi connectivity index (χ1n) is 6.82. The second-order valence-corrected chi connectivity index (χ2v) is 5.53. The monoisotopic (exact) mass is 331 g/mol. The van der Waals surface area contributed by atoms with Crippen LogP contribution in [0.4, 0.5) is 5.69 Å².